The van der Waals surface area contributed by atoms with Crippen LogP contribution in [0.5, 0.6) is 17.5 Å². The number of β-amino-alcohol motifs (C(OH)–C–C–N with tert-alkyl or cyclic N) is 1. The van der Waals surface area contributed by atoms with Gasteiger partial charge in [0.2, 0.25) is 0 Å². The van der Waals surface area contributed by atoms with E-state index in [1.165, 1.54) is 0 Å². The molecule has 1 fully saturated rings. The van der Waals surface area contributed by atoms with Crippen LogP contribution in [-0.2, 0) is 16.1 Å². The first-order valence-corrected chi connectivity index (χ1v) is 13.6. The zero-order valence-electron chi connectivity index (χ0n) is 22.9. The van der Waals surface area contributed by atoms with Gasteiger partial charge in [0.1, 0.15) is 18.1 Å². The normalized spacial score (nSPS) is 20.8. The van der Waals surface area contributed by atoms with Crippen molar-refractivity contribution in [1.82, 2.24) is 15.3 Å². The summed E-state index contributed by atoms with van der Waals surface area (Å²) in [6.07, 6.45) is 0.214. The van der Waals surface area contributed by atoms with Gasteiger partial charge in [-0.25, -0.2) is 9.97 Å². The molecule has 39 heavy (non-hydrogen) atoms. The lowest BCUT2D eigenvalue weighted by molar-refractivity contribution is -0.0328. The van der Waals surface area contributed by atoms with Crippen molar-refractivity contribution in [2.45, 2.75) is 45.0 Å². The highest BCUT2D eigenvalue weighted by Crippen LogP contribution is 2.34. The van der Waals surface area contributed by atoms with E-state index >= 15 is 0 Å². The Bertz CT molecular complexity index is 1220. The lowest BCUT2D eigenvalue weighted by atomic mass is 9.85. The third-order valence-corrected chi connectivity index (χ3v) is 7.17. The summed E-state index contributed by atoms with van der Waals surface area (Å²) in [6.45, 7) is 8.66. The smallest absolute Gasteiger partial charge is 0.322 e. The number of piperidine rings is 1. The molecule has 3 aromatic rings. The first-order valence-electron chi connectivity index (χ1n) is 13.6. The maximum atomic E-state index is 10.9. The van der Waals surface area contributed by atoms with Crippen LogP contribution in [0.15, 0.2) is 48.5 Å². The molecule has 5 rings (SSSR count). The van der Waals surface area contributed by atoms with Gasteiger partial charge in [-0.3, -0.25) is 0 Å². The van der Waals surface area contributed by atoms with Crippen molar-refractivity contribution in [3.8, 4) is 17.5 Å². The van der Waals surface area contributed by atoms with Crippen molar-refractivity contribution >= 4 is 5.69 Å². The number of aromatic nitrogens is 2. The standard InChI is InChI=1S/C30H38N4O5/c1-20-15-21(2)33-30(32-20)39-24-8-6-23(7-9-24)29-26(35)17-31-18-28(29)38-19-22-5-10-27-25(16-22)34(12-14-37-27)11-4-13-36-3/h5-10,15-16,26,28-29,31,35H,4,11-14,17-19H2,1-3H3/t26-,28?,29+/m1/s1. The van der Waals surface area contributed by atoms with E-state index in [4.69, 9.17) is 18.9 Å². The molecule has 0 radical (unpaired) electrons. The van der Waals surface area contributed by atoms with E-state index < -0.39 is 6.10 Å². The van der Waals surface area contributed by atoms with Crippen LogP contribution in [0.4, 0.5) is 5.69 Å². The molecule has 3 atom stereocenters. The van der Waals surface area contributed by atoms with Crippen LogP contribution in [-0.4, -0.2) is 73.8 Å². The molecule has 2 aliphatic rings. The van der Waals surface area contributed by atoms with Gasteiger partial charge in [0.25, 0.3) is 0 Å². The predicted octanol–water partition coefficient (Wildman–Crippen LogP) is 3.75. The second-order valence-corrected chi connectivity index (χ2v) is 10.2. The number of hydrogen-bond acceptors (Lipinski definition) is 9. The first kappa shape index (κ1) is 27.3. The van der Waals surface area contributed by atoms with E-state index in [1.54, 1.807) is 7.11 Å². The summed E-state index contributed by atoms with van der Waals surface area (Å²) in [4.78, 5) is 11.1. The number of aliphatic hydroxyl groups excluding tert-OH is 1. The molecule has 2 aromatic carbocycles. The second kappa shape index (κ2) is 12.7. The number of methoxy groups -OCH3 is 1. The lowest BCUT2D eigenvalue weighted by Gasteiger charge is -2.36. The fraction of sp³-hybridized carbons (Fsp3) is 0.467. The number of rotatable bonds is 10. The molecular formula is C30H38N4O5. The van der Waals surface area contributed by atoms with E-state index in [0.717, 1.165) is 60.1 Å². The second-order valence-electron chi connectivity index (χ2n) is 10.2. The number of nitrogens with one attached hydrogen (secondary N) is 1. The Kier molecular flexibility index (Phi) is 8.93. The van der Waals surface area contributed by atoms with Crippen molar-refractivity contribution in [3.05, 3.63) is 71.0 Å². The Morgan fingerprint density at radius 1 is 1.05 bits per heavy atom. The SMILES string of the molecule is COCCCN1CCOc2ccc(COC3CNC[C@@H](O)[C@@H]3c3ccc(Oc4nc(C)cc(C)n4)cc3)cc21. The Balaban J connectivity index is 1.26. The molecule has 1 aromatic heterocycles. The van der Waals surface area contributed by atoms with Gasteiger partial charge in [-0.2, -0.15) is 0 Å². The Morgan fingerprint density at radius 2 is 1.85 bits per heavy atom. The average molecular weight is 535 g/mol. The van der Waals surface area contributed by atoms with Crippen LogP contribution in [0, 0.1) is 13.8 Å². The van der Waals surface area contributed by atoms with Crippen molar-refractivity contribution in [3.63, 3.8) is 0 Å². The Hall–Kier alpha value is -3.24. The van der Waals surface area contributed by atoms with Gasteiger partial charge in [-0.1, -0.05) is 18.2 Å². The van der Waals surface area contributed by atoms with Crippen LogP contribution in [0.1, 0.15) is 34.9 Å². The molecule has 1 unspecified atom stereocenters. The summed E-state index contributed by atoms with van der Waals surface area (Å²) < 4.78 is 23.4. The van der Waals surface area contributed by atoms with Crippen molar-refractivity contribution < 1.29 is 24.1 Å². The predicted molar refractivity (Wildman–Crippen MR) is 149 cm³/mol. The van der Waals surface area contributed by atoms with Crippen LogP contribution in [0.25, 0.3) is 0 Å². The largest absolute Gasteiger partial charge is 0.490 e. The summed E-state index contributed by atoms with van der Waals surface area (Å²) in [5.74, 6) is 1.39. The lowest BCUT2D eigenvalue weighted by Crippen LogP contribution is -2.49. The van der Waals surface area contributed by atoms with Gasteiger partial charge >= 0.3 is 6.01 Å². The Labute approximate surface area is 230 Å². The molecule has 9 nitrogen and oxygen atoms in total. The number of nitrogens with zero attached hydrogens (tertiary/aromatic N) is 3. The molecule has 0 aliphatic carbocycles. The minimum atomic E-state index is -0.563. The minimum Gasteiger partial charge on any atom is -0.490 e. The quantitative estimate of drug-likeness (QED) is 0.377. The zero-order valence-corrected chi connectivity index (χ0v) is 22.9. The number of ether oxygens (including phenoxy) is 4. The van der Waals surface area contributed by atoms with E-state index in [1.807, 2.05) is 50.2 Å². The van der Waals surface area contributed by atoms with Crippen LogP contribution in [0.2, 0.25) is 0 Å². The van der Waals surface area contributed by atoms with Crippen LogP contribution < -0.4 is 19.7 Å². The average Bonchev–Trinajstić information content (AvgIpc) is 2.92. The molecule has 0 spiro atoms. The highest BCUT2D eigenvalue weighted by Gasteiger charge is 2.34. The molecule has 3 heterocycles. The third-order valence-electron chi connectivity index (χ3n) is 7.17. The van der Waals surface area contributed by atoms with Gasteiger partial charge in [0.05, 0.1) is 31.0 Å². The third kappa shape index (κ3) is 6.86. The van der Waals surface area contributed by atoms with Crippen molar-refractivity contribution in [2.24, 2.45) is 0 Å². The molecule has 0 bridgehead atoms. The molecular weight excluding hydrogens is 496 g/mol. The van der Waals surface area contributed by atoms with Crippen molar-refractivity contribution in [2.75, 3.05) is 51.4 Å². The van der Waals surface area contributed by atoms with Gasteiger partial charge < -0.3 is 34.3 Å². The number of anilines is 1. The number of aryl methyl sites for hydroxylation is 2. The summed E-state index contributed by atoms with van der Waals surface area (Å²) in [5, 5.41) is 14.2. The van der Waals surface area contributed by atoms with Gasteiger partial charge in [-0.05, 0) is 61.7 Å². The maximum Gasteiger partial charge on any atom is 0.322 e. The zero-order chi connectivity index (χ0) is 27.2. The molecule has 1 saturated heterocycles. The number of benzene rings is 2. The van der Waals surface area contributed by atoms with Crippen LogP contribution >= 0.6 is 0 Å². The monoisotopic (exact) mass is 534 g/mol. The van der Waals surface area contributed by atoms with E-state index in [-0.39, 0.29) is 12.0 Å². The van der Waals surface area contributed by atoms with E-state index in [0.29, 0.717) is 38.1 Å². The summed E-state index contributed by atoms with van der Waals surface area (Å²) in [6, 6.07) is 16.2. The molecule has 2 N–H and O–H groups in total. The fourth-order valence-corrected chi connectivity index (χ4v) is 5.32. The highest BCUT2D eigenvalue weighted by molar-refractivity contribution is 5.61. The number of hydrogen-bond donors (Lipinski definition) is 2. The topological polar surface area (TPSA) is 98.2 Å². The highest BCUT2D eigenvalue weighted by atomic mass is 16.5. The fourth-order valence-electron chi connectivity index (χ4n) is 5.32. The first-order chi connectivity index (χ1) is 19.0. The van der Waals surface area contributed by atoms with Gasteiger partial charge in [0, 0.05) is 50.7 Å². The number of fused-ring (bicyclic) bond motifs is 1. The Morgan fingerprint density at radius 3 is 2.62 bits per heavy atom. The summed E-state index contributed by atoms with van der Waals surface area (Å²) >= 11 is 0. The van der Waals surface area contributed by atoms with E-state index in [9.17, 15) is 5.11 Å². The van der Waals surface area contributed by atoms with E-state index in [2.05, 4.69) is 32.3 Å². The summed E-state index contributed by atoms with van der Waals surface area (Å²) in [5.41, 5.74) is 4.90. The molecule has 208 valence electrons. The molecule has 0 saturated carbocycles. The maximum absolute atomic E-state index is 10.9. The minimum absolute atomic E-state index is 0.163. The van der Waals surface area contributed by atoms with Crippen molar-refractivity contribution in [1.29, 1.82) is 0 Å². The summed E-state index contributed by atoms with van der Waals surface area (Å²) in [7, 11) is 1.73. The molecule has 9 heteroatoms. The molecule has 2 aliphatic heterocycles. The van der Waals surface area contributed by atoms with Gasteiger partial charge in [-0.15, -0.1) is 0 Å². The van der Waals surface area contributed by atoms with Gasteiger partial charge in [0.15, 0.2) is 0 Å². The molecule has 0 amide bonds. The number of aliphatic hydroxyl groups is 1. The van der Waals surface area contributed by atoms with Crippen LogP contribution in [0.3, 0.4) is 0 Å².